The first-order valence-electron chi connectivity index (χ1n) is 5.91. The normalized spacial score (nSPS) is 11.4. The average Bonchev–Trinajstić information content (AvgIpc) is 2.49. The van der Waals surface area contributed by atoms with Gasteiger partial charge in [-0.25, -0.2) is 0 Å². The molecule has 0 radical (unpaired) electrons. The molecule has 1 amide bonds. The van der Waals surface area contributed by atoms with Crippen LogP contribution in [0.5, 0.6) is 0 Å². The molecule has 0 aliphatic heterocycles. The minimum absolute atomic E-state index is 0.352. The summed E-state index contributed by atoms with van der Waals surface area (Å²) in [7, 11) is 0. The Kier molecular flexibility index (Phi) is 4.24. The van der Waals surface area contributed by atoms with E-state index in [9.17, 15) is 14.8 Å². The van der Waals surface area contributed by atoms with E-state index in [0.717, 1.165) is 0 Å². The second kappa shape index (κ2) is 6.29. The smallest absolute Gasteiger partial charge is 0.281 e. The second-order valence-corrected chi connectivity index (χ2v) is 3.97. The Morgan fingerprint density at radius 1 is 0.950 bits per heavy atom. The zero-order chi connectivity index (χ0) is 14.4. The highest BCUT2D eigenvalue weighted by atomic mass is 16.3. The number of aliphatic hydroxyl groups excluding tert-OH is 1. The molecule has 5 nitrogen and oxygen atoms in total. The molecule has 0 fully saturated rings. The molecule has 0 aromatic heterocycles. The van der Waals surface area contributed by atoms with Gasteiger partial charge in [-0.15, -0.1) is 4.91 Å². The Bertz CT molecular complexity index is 637. The molecule has 0 bridgehead atoms. The highest BCUT2D eigenvalue weighted by Gasteiger charge is 2.17. The zero-order valence-electron chi connectivity index (χ0n) is 10.5. The van der Waals surface area contributed by atoms with Crippen LogP contribution in [-0.4, -0.2) is 11.0 Å². The van der Waals surface area contributed by atoms with Gasteiger partial charge in [-0.05, 0) is 17.3 Å². The van der Waals surface area contributed by atoms with Crippen LogP contribution >= 0.6 is 0 Å². The van der Waals surface area contributed by atoms with Crippen molar-refractivity contribution in [3.8, 4) is 0 Å². The molecule has 0 spiro atoms. The van der Waals surface area contributed by atoms with E-state index >= 15 is 0 Å². The lowest BCUT2D eigenvalue weighted by Crippen LogP contribution is -2.14. The molecular formula is C15H12N2O3. The predicted molar refractivity (Wildman–Crippen MR) is 76.9 cm³/mol. The third-order valence-electron chi connectivity index (χ3n) is 2.61. The van der Waals surface area contributed by atoms with Crippen molar-refractivity contribution in [3.05, 3.63) is 76.8 Å². The molecule has 20 heavy (non-hydrogen) atoms. The quantitative estimate of drug-likeness (QED) is 0.507. The number of hydrogen-bond donors (Lipinski definition) is 2. The lowest BCUT2D eigenvalue weighted by molar-refractivity contribution is -0.112. The molecule has 100 valence electrons. The van der Waals surface area contributed by atoms with Crippen molar-refractivity contribution >= 4 is 17.4 Å². The lowest BCUT2D eigenvalue weighted by Gasteiger charge is -2.06. The third kappa shape index (κ3) is 3.08. The van der Waals surface area contributed by atoms with Crippen LogP contribution in [0.15, 0.2) is 71.5 Å². The summed E-state index contributed by atoms with van der Waals surface area (Å²) in [6.45, 7) is 0. The molecule has 0 aliphatic rings. The zero-order valence-corrected chi connectivity index (χ0v) is 10.5. The Labute approximate surface area is 115 Å². The van der Waals surface area contributed by atoms with Crippen molar-refractivity contribution in [2.24, 2.45) is 5.18 Å². The van der Waals surface area contributed by atoms with Crippen molar-refractivity contribution in [2.75, 3.05) is 5.32 Å². The van der Waals surface area contributed by atoms with Crippen molar-refractivity contribution in [1.82, 2.24) is 0 Å². The van der Waals surface area contributed by atoms with Crippen LogP contribution < -0.4 is 5.32 Å². The topological polar surface area (TPSA) is 78.8 Å². The fourth-order valence-electron chi connectivity index (χ4n) is 1.64. The molecule has 0 unspecified atom stereocenters. The number of hydrogen-bond acceptors (Lipinski definition) is 4. The number of para-hydroxylation sites is 1. The van der Waals surface area contributed by atoms with E-state index in [1.54, 1.807) is 60.7 Å². The van der Waals surface area contributed by atoms with Gasteiger partial charge in [0.1, 0.15) is 0 Å². The number of carbonyl (C=O) groups excluding carboxylic acids is 1. The van der Waals surface area contributed by atoms with Crippen molar-refractivity contribution in [1.29, 1.82) is 0 Å². The highest BCUT2D eigenvalue weighted by molar-refractivity contribution is 6.07. The minimum Gasteiger partial charge on any atom is -0.505 e. The number of carbonyl (C=O) groups is 1. The number of nitroso groups, excluding NO2 is 1. The molecule has 2 rings (SSSR count). The third-order valence-corrected chi connectivity index (χ3v) is 2.61. The number of nitrogens with one attached hydrogen (secondary N) is 1. The molecule has 0 aliphatic carbocycles. The average molecular weight is 268 g/mol. The van der Waals surface area contributed by atoms with Crippen molar-refractivity contribution in [3.63, 3.8) is 0 Å². The number of amides is 1. The highest BCUT2D eigenvalue weighted by Crippen LogP contribution is 2.18. The van der Waals surface area contributed by atoms with E-state index in [0.29, 0.717) is 11.3 Å². The first-order valence-corrected chi connectivity index (χ1v) is 5.91. The summed E-state index contributed by atoms with van der Waals surface area (Å²) >= 11 is 0. The van der Waals surface area contributed by atoms with Gasteiger partial charge in [0, 0.05) is 11.3 Å². The van der Waals surface area contributed by atoms with E-state index in [1.807, 2.05) is 0 Å². The van der Waals surface area contributed by atoms with Crippen LogP contribution in [0.3, 0.4) is 0 Å². The fraction of sp³-hybridized carbons (Fsp3) is 0. The number of nitrogens with zero attached hydrogens (tertiary/aromatic N) is 1. The van der Waals surface area contributed by atoms with Crippen LogP contribution in [0.2, 0.25) is 0 Å². The Morgan fingerprint density at radius 3 is 2.05 bits per heavy atom. The van der Waals surface area contributed by atoms with Gasteiger partial charge in [-0.2, -0.15) is 0 Å². The maximum absolute atomic E-state index is 11.9. The maximum Gasteiger partial charge on any atom is 0.281 e. The Hall–Kier alpha value is -2.95. The van der Waals surface area contributed by atoms with Gasteiger partial charge in [0.05, 0.1) is 0 Å². The van der Waals surface area contributed by atoms with E-state index in [4.69, 9.17) is 0 Å². The van der Waals surface area contributed by atoms with E-state index < -0.39 is 17.4 Å². The van der Waals surface area contributed by atoms with E-state index in [-0.39, 0.29) is 0 Å². The molecular weight excluding hydrogens is 256 g/mol. The van der Waals surface area contributed by atoms with Gasteiger partial charge in [0.25, 0.3) is 5.91 Å². The maximum atomic E-state index is 11.9. The predicted octanol–water partition coefficient (Wildman–Crippen LogP) is 3.32. The molecule has 5 heteroatoms. The van der Waals surface area contributed by atoms with Gasteiger partial charge in [0.2, 0.25) is 5.70 Å². The van der Waals surface area contributed by atoms with Crippen LogP contribution in [0.1, 0.15) is 5.56 Å². The molecule has 2 aromatic carbocycles. The van der Waals surface area contributed by atoms with Gasteiger partial charge in [-0.3, -0.25) is 4.79 Å². The summed E-state index contributed by atoms with van der Waals surface area (Å²) in [6.07, 6.45) is 0. The molecule has 2 N–H and O–H groups in total. The first-order chi connectivity index (χ1) is 9.72. The van der Waals surface area contributed by atoms with Crippen molar-refractivity contribution < 1.29 is 9.90 Å². The monoisotopic (exact) mass is 268 g/mol. The number of rotatable bonds is 4. The van der Waals surface area contributed by atoms with Crippen LogP contribution in [0.4, 0.5) is 5.69 Å². The van der Waals surface area contributed by atoms with Gasteiger partial charge in [-0.1, -0.05) is 48.5 Å². The standard InChI is InChI=1S/C15H12N2O3/c18-14(11-7-3-1-4-8-11)13(17-20)15(19)16-12-9-5-2-6-10-12/h1-10,18H,(H,16,19). The molecule has 2 aromatic rings. The fourth-order valence-corrected chi connectivity index (χ4v) is 1.64. The number of benzene rings is 2. The summed E-state index contributed by atoms with van der Waals surface area (Å²) in [5, 5.41) is 15.1. The SMILES string of the molecule is O=NC(C(=O)Nc1ccccc1)=C(O)c1ccccc1. The summed E-state index contributed by atoms with van der Waals surface area (Å²) in [4.78, 5) is 22.8. The van der Waals surface area contributed by atoms with E-state index in [2.05, 4.69) is 10.5 Å². The van der Waals surface area contributed by atoms with Gasteiger partial charge in [0.15, 0.2) is 5.76 Å². The van der Waals surface area contributed by atoms with Gasteiger partial charge < -0.3 is 10.4 Å². The van der Waals surface area contributed by atoms with Crippen LogP contribution in [-0.2, 0) is 4.79 Å². The second-order valence-electron chi connectivity index (χ2n) is 3.97. The number of anilines is 1. The van der Waals surface area contributed by atoms with Crippen LogP contribution in [0.25, 0.3) is 5.76 Å². The minimum atomic E-state index is -0.757. The van der Waals surface area contributed by atoms with Crippen molar-refractivity contribution in [2.45, 2.75) is 0 Å². The molecule has 0 saturated carbocycles. The van der Waals surface area contributed by atoms with E-state index in [1.165, 1.54) is 0 Å². The lowest BCUT2D eigenvalue weighted by atomic mass is 10.1. The summed E-state index contributed by atoms with van der Waals surface area (Å²) in [5.74, 6) is -1.21. The van der Waals surface area contributed by atoms with Crippen LogP contribution in [0, 0.1) is 4.91 Å². The number of aliphatic hydroxyl groups is 1. The Morgan fingerprint density at radius 2 is 1.50 bits per heavy atom. The Balaban J connectivity index is 2.28. The molecule has 0 atom stereocenters. The largest absolute Gasteiger partial charge is 0.505 e. The summed E-state index contributed by atoms with van der Waals surface area (Å²) in [5.41, 5.74) is 0.310. The summed E-state index contributed by atoms with van der Waals surface area (Å²) < 4.78 is 0. The molecule has 0 heterocycles. The first kappa shape index (κ1) is 13.5. The summed E-state index contributed by atoms with van der Waals surface area (Å²) in [6, 6.07) is 16.9. The van der Waals surface area contributed by atoms with Gasteiger partial charge >= 0.3 is 0 Å². The molecule has 0 saturated heterocycles.